The fraction of sp³-hybridized carbons (Fsp3) is 0.194. The second-order valence-electron chi connectivity index (χ2n) is 9.01. The van der Waals surface area contributed by atoms with Crippen molar-refractivity contribution in [2.45, 2.75) is 19.9 Å². The van der Waals surface area contributed by atoms with Gasteiger partial charge in [0.15, 0.2) is 17.3 Å². The second kappa shape index (κ2) is 11.2. The van der Waals surface area contributed by atoms with Crippen molar-refractivity contribution in [2.24, 2.45) is 0 Å². The summed E-state index contributed by atoms with van der Waals surface area (Å²) in [5, 5.41) is 11.9. The van der Waals surface area contributed by atoms with E-state index in [1.807, 2.05) is 37.3 Å². The molecule has 0 bridgehead atoms. The van der Waals surface area contributed by atoms with E-state index in [2.05, 4.69) is 4.98 Å². The van der Waals surface area contributed by atoms with Crippen LogP contribution in [0.4, 0.5) is 5.69 Å². The van der Waals surface area contributed by atoms with Gasteiger partial charge in [-0.25, -0.2) is 4.98 Å². The summed E-state index contributed by atoms with van der Waals surface area (Å²) in [6.07, 6.45) is 0. The summed E-state index contributed by atoms with van der Waals surface area (Å²) in [5.74, 6) is -0.292. The number of aryl methyl sites for hydroxylation is 1. The molecule has 0 fully saturated rings. The van der Waals surface area contributed by atoms with E-state index in [1.54, 1.807) is 49.4 Å². The highest BCUT2D eigenvalue weighted by Crippen LogP contribution is 2.45. The molecule has 1 atom stereocenters. The molecule has 8 nitrogen and oxygen atoms in total. The average molecular weight is 557 g/mol. The number of methoxy groups -OCH3 is 2. The molecule has 1 aliphatic heterocycles. The fourth-order valence-electron chi connectivity index (χ4n) is 4.77. The van der Waals surface area contributed by atoms with Gasteiger partial charge >= 0.3 is 0 Å². The number of rotatable bonds is 9. The molecule has 0 saturated heterocycles. The summed E-state index contributed by atoms with van der Waals surface area (Å²) in [7, 11) is 3.04. The zero-order valence-electron chi connectivity index (χ0n) is 22.5. The molecule has 5 rings (SSSR count). The molecule has 0 aliphatic carbocycles. The maximum Gasteiger partial charge on any atom is 0.294 e. The van der Waals surface area contributed by atoms with Crippen molar-refractivity contribution < 1.29 is 28.9 Å². The first kappa shape index (κ1) is 27.0. The molecule has 0 spiro atoms. The Kier molecular flexibility index (Phi) is 7.57. The van der Waals surface area contributed by atoms with Crippen molar-refractivity contribution in [3.63, 3.8) is 0 Å². The number of anilines is 1. The lowest BCUT2D eigenvalue weighted by atomic mass is 9.94. The van der Waals surface area contributed by atoms with Crippen LogP contribution >= 0.6 is 11.3 Å². The molecule has 2 heterocycles. The van der Waals surface area contributed by atoms with Crippen LogP contribution in [0.5, 0.6) is 17.2 Å². The summed E-state index contributed by atoms with van der Waals surface area (Å²) >= 11 is 1.23. The van der Waals surface area contributed by atoms with E-state index in [-0.39, 0.29) is 5.57 Å². The van der Waals surface area contributed by atoms with Crippen LogP contribution in [0, 0.1) is 6.92 Å². The summed E-state index contributed by atoms with van der Waals surface area (Å²) in [4.78, 5) is 34.2. The normalized spacial score (nSPS) is 14.9. The van der Waals surface area contributed by atoms with Crippen LogP contribution < -0.4 is 19.1 Å². The van der Waals surface area contributed by atoms with Gasteiger partial charge in [0.05, 0.1) is 43.0 Å². The number of aliphatic hydroxyl groups excluding tert-OH is 1. The van der Waals surface area contributed by atoms with Crippen molar-refractivity contribution in [3.05, 3.63) is 100 Å². The van der Waals surface area contributed by atoms with E-state index in [9.17, 15) is 14.7 Å². The molecule has 0 saturated carbocycles. The second-order valence-corrected chi connectivity index (χ2v) is 10.0. The van der Waals surface area contributed by atoms with Crippen LogP contribution in [-0.2, 0) is 4.79 Å². The molecular formula is C31H28N2O6S. The van der Waals surface area contributed by atoms with Gasteiger partial charge in [-0.15, -0.1) is 11.3 Å². The number of hydrogen-bond donors (Lipinski definition) is 1. The number of amides is 1. The predicted molar refractivity (Wildman–Crippen MR) is 154 cm³/mol. The minimum atomic E-state index is -0.946. The molecule has 40 heavy (non-hydrogen) atoms. The first-order valence-corrected chi connectivity index (χ1v) is 13.5. The molecular weight excluding hydrogens is 528 g/mol. The topological polar surface area (TPSA) is 98.2 Å². The SMILES string of the molecule is CCOc1cccc(N2C(=O)C(O)=C(C(=O)c3sc(-c4ccccc4)nc3C)C2c2ccc(OC)c(OC)c2)c1. The number of thiazole rings is 1. The maximum atomic E-state index is 14.2. The number of carbonyl (C=O) groups is 2. The molecule has 4 aromatic rings. The number of benzene rings is 3. The largest absolute Gasteiger partial charge is 0.503 e. The highest BCUT2D eigenvalue weighted by atomic mass is 32.1. The fourth-order valence-corrected chi connectivity index (χ4v) is 5.79. The van der Waals surface area contributed by atoms with E-state index in [0.717, 1.165) is 5.56 Å². The first-order chi connectivity index (χ1) is 19.4. The molecule has 1 aliphatic rings. The van der Waals surface area contributed by atoms with E-state index < -0.39 is 23.5 Å². The van der Waals surface area contributed by atoms with Gasteiger partial charge in [0.25, 0.3) is 5.91 Å². The van der Waals surface area contributed by atoms with E-state index in [1.165, 1.54) is 30.5 Å². The van der Waals surface area contributed by atoms with Gasteiger partial charge in [-0.3, -0.25) is 14.5 Å². The van der Waals surface area contributed by atoms with E-state index in [0.29, 0.717) is 50.7 Å². The van der Waals surface area contributed by atoms with E-state index in [4.69, 9.17) is 14.2 Å². The van der Waals surface area contributed by atoms with Crippen LogP contribution in [0.25, 0.3) is 10.6 Å². The van der Waals surface area contributed by atoms with Crippen molar-refractivity contribution in [1.82, 2.24) is 4.98 Å². The minimum absolute atomic E-state index is 0.0367. The van der Waals surface area contributed by atoms with Gasteiger partial charge in [-0.2, -0.15) is 0 Å². The minimum Gasteiger partial charge on any atom is -0.503 e. The third-order valence-corrected chi connectivity index (χ3v) is 7.81. The zero-order valence-corrected chi connectivity index (χ0v) is 23.3. The summed E-state index contributed by atoms with van der Waals surface area (Å²) in [6.45, 7) is 4.06. The predicted octanol–water partition coefficient (Wildman–Crippen LogP) is 6.32. The quantitative estimate of drug-likeness (QED) is 0.241. The molecule has 1 N–H and O–H groups in total. The van der Waals surface area contributed by atoms with Crippen molar-refractivity contribution >= 4 is 28.7 Å². The molecule has 1 aromatic heterocycles. The number of ketones is 1. The molecule has 9 heteroatoms. The monoisotopic (exact) mass is 556 g/mol. The molecule has 3 aromatic carbocycles. The third-order valence-electron chi connectivity index (χ3n) is 6.61. The Labute approximate surface area is 236 Å². The number of aromatic nitrogens is 1. The average Bonchev–Trinajstić information content (AvgIpc) is 3.50. The lowest BCUT2D eigenvalue weighted by molar-refractivity contribution is -0.117. The lowest BCUT2D eigenvalue weighted by Crippen LogP contribution is -2.31. The Hall–Kier alpha value is -4.63. The van der Waals surface area contributed by atoms with Gasteiger partial charge in [-0.05, 0) is 43.7 Å². The van der Waals surface area contributed by atoms with Crippen molar-refractivity contribution in [2.75, 3.05) is 25.7 Å². The number of carbonyl (C=O) groups excluding carboxylic acids is 2. The Morgan fingerprint density at radius 1 is 1.00 bits per heavy atom. The standard InChI is InChI=1S/C31H28N2O6S/c1-5-39-22-13-9-12-21(17-22)33-26(20-14-15-23(37-3)24(16-20)38-4)25(28(35)31(33)36)27(34)29-18(2)32-30(40-29)19-10-7-6-8-11-19/h6-17,26,35H,5H2,1-4H3. The molecule has 1 amide bonds. The highest BCUT2D eigenvalue weighted by molar-refractivity contribution is 7.17. The molecule has 1 unspecified atom stereocenters. The summed E-state index contributed by atoms with van der Waals surface area (Å²) in [6, 6.07) is 20.8. The van der Waals surface area contributed by atoms with Crippen molar-refractivity contribution in [3.8, 4) is 27.8 Å². The summed E-state index contributed by atoms with van der Waals surface area (Å²) < 4.78 is 16.6. The Morgan fingerprint density at radius 3 is 2.45 bits per heavy atom. The van der Waals surface area contributed by atoms with Crippen LogP contribution in [0.3, 0.4) is 0 Å². The number of hydrogen-bond acceptors (Lipinski definition) is 8. The maximum absolute atomic E-state index is 14.2. The number of aliphatic hydroxyl groups is 1. The molecule has 0 radical (unpaired) electrons. The number of Topliss-reactive ketones (excluding diaryl/α,β-unsaturated/α-hetero) is 1. The van der Waals surface area contributed by atoms with E-state index >= 15 is 0 Å². The van der Waals surface area contributed by atoms with Crippen LogP contribution in [-0.4, -0.2) is 42.6 Å². The smallest absolute Gasteiger partial charge is 0.294 e. The van der Waals surface area contributed by atoms with Gasteiger partial charge in [0, 0.05) is 17.3 Å². The highest BCUT2D eigenvalue weighted by Gasteiger charge is 2.45. The number of ether oxygens (including phenoxy) is 3. The number of nitrogens with zero attached hydrogens (tertiary/aromatic N) is 2. The third kappa shape index (κ3) is 4.80. The zero-order chi connectivity index (χ0) is 28.4. The van der Waals surface area contributed by atoms with Crippen LogP contribution in [0.15, 0.2) is 84.1 Å². The Balaban J connectivity index is 1.65. The molecule has 204 valence electrons. The lowest BCUT2D eigenvalue weighted by Gasteiger charge is -2.27. The first-order valence-electron chi connectivity index (χ1n) is 12.7. The van der Waals surface area contributed by atoms with Gasteiger partial charge in [0.2, 0.25) is 5.78 Å². The Morgan fingerprint density at radius 2 is 1.75 bits per heavy atom. The van der Waals surface area contributed by atoms with Crippen LogP contribution in [0.2, 0.25) is 0 Å². The Bertz CT molecular complexity index is 1610. The van der Waals surface area contributed by atoms with Gasteiger partial charge in [0.1, 0.15) is 10.8 Å². The van der Waals surface area contributed by atoms with Crippen LogP contribution in [0.1, 0.15) is 33.9 Å². The summed E-state index contributed by atoms with van der Waals surface area (Å²) in [5.41, 5.74) is 2.39. The van der Waals surface area contributed by atoms with Gasteiger partial charge < -0.3 is 19.3 Å². The van der Waals surface area contributed by atoms with Crippen molar-refractivity contribution in [1.29, 1.82) is 0 Å². The van der Waals surface area contributed by atoms with Gasteiger partial charge in [-0.1, -0.05) is 42.5 Å².